The first-order valence-electron chi connectivity index (χ1n) is 4.56. The molecule has 3 heteroatoms. The van der Waals surface area contributed by atoms with Crippen LogP contribution in [0.5, 0.6) is 0 Å². The molecule has 1 aromatic heterocycles. The zero-order valence-corrected chi connectivity index (χ0v) is 8.71. The highest BCUT2D eigenvalue weighted by molar-refractivity contribution is 6.17. The molecule has 0 spiro atoms. The Labute approximate surface area is 92.5 Å². The second kappa shape index (κ2) is 4.41. The first-order chi connectivity index (χ1) is 7.33. The Balaban J connectivity index is 2.58. The number of alkyl halides is 1. The summed E-state index contributed by atoms with van der Waals surface area (Å²) in [5.74, 6) is -0.0936. The molecular formula is C12H9ClFN. The van der Waals surface area contributed by atoms with E-state index in [4.69, 9.17) is 11.6 Å². The topological polar surface area (TPSA) is 12.9 Å². The van der Waals surface area contributed by atoms with Crippen molar-refractivity contribution in [3.8, 4) is 11.1 Å². The van der Waals surface area contributed by atoms with Gasteiger partial charge in [-0.05, 0) is 29.3 Å². The number of pyridine rings is 1. The quantitative estimate of drug-likeness (QED) is 0.706. The molecular weight excluding hydrogens is 213 g/mol. The molecule has 1 nitrogen and oxygen atoms in total. The van der Waals surface area contributed by atoms with Gasteiger partial charge < -0.3 is 0 Å². The number of hydrogen-bond donors (Lipinski definition) is 0. The predicted octanol–water partition coefficient (Wildman–Crippen LogP) is 3.63. The van der Waals surface area contributed by atoms with Gasteiger partial charge >= 0.3 is 0 Å². The summed E-state index contributed by atoms with van der Waals surface area (Å²) in [6, 6.07) is 8.63. The first kappa shape index (κ1) is 10.1. The van der Waals surface area contributed by atoms with E-state index in [1.54, 1.807) is 18.5 Å². The van der Waals surface area contributed by atoms with Gasteiger partial charge in [-0.15, -0.1) is 11.6 Å². The highest BCUT2D eigenvalue weighted by Crippen LogP contribution is 2.26. The van der Waals surface area contributed by atoms with E-state index in [0.717, 1.165) is 11.1 Å². The number of halogens is 2. The number of benzene rings is 1. The number of hydrogen-bond acceptors (Lipinski definition) is 1. The molecule has 0 fully saturated rings. The van der Waals surface area contributed by atoms with Crippen molar-refractivity contribution >= 4 is 11.6 Å². The zero-order valence-electron chi connectivity index (χ0n) is 7.95. The van der Waals surface area contributed by atoms with Crippen molar-refractivity contribution in [2.24, 2.45) is 0 Å². The van der Waals surface area contributed by atoms with Crippen molar-refractivity contribution in [2.75, 3.05) is 0 Å². The van der Waals surface area contributed by atoms with Crippen LogP contribution in [0.25, 0.3) is 11.1 Å². The second-order valence-corrected chi connectivity index (χ2v) is 3.40. The monoisotopic (exact) mass is 221 g/mol. The summed E-state index contributed by atoms with van der Waals surface area (Å²) < 4.78 is 13.4. The normalized spacial score (nSPS) is 10.3. The molecule has 1 aromatic carbocycles. The van der Waals surface area contributed by atoms with Crippen LogP contribution in [0.3, 0.4) is 0 Å². The summed E-state index contributed by atoms with van der Waals surface area (Å²) in [6.45, 7) is 0. The standard InChI is InChI=1S/C12H9ClFN/c13-8-11-10(2-1-3-12(11)14)9-4-6-15-7-5-9/h1-7H,8H2. The maximum Gasteiger partial charge on any atom is 0.128 e. The number of nitrogens with zero attached hydrogens (tertiary/aromatic N) is 1. The Morgan fingerprint density at radius 3 is 2.53 bits per heavy atom. The Morgan fingerprint density at radius 1 is 1.13 bits per heavy atom. The van der Waals surface area contributed by atoms with E-state index in [9.17, 15) is 4.39 Å². The van der Waals surface area contributed by atoms with E-state index in [-0.39, 0.29) is 11.7 Å². The fourth-order valence-corrected chi connectivity index (χ4v) is 1.77. The van der Waals surface area contributed by atoms with Crippen LogP contribution >= 0.6 is 11.6 Å². The van der Waals surface area contributed by atoms with Crippen LogP contribution in [-0.2, 0) is 5.88 Å². The SMILES string of the molecule is Fc1cccc(-c2ccncc2)c1CCl. The number of aromatic nitrogens is 1. The minimum absolute atomic E-state index is 0.171. The maximum atomic E-state index is 13.4. The molecule has 0 N–H and O–H groups in total. The van der Waals surface area contributed by atoms with Crippen LogP contribution < -0.4 is 0 Å². The third-order valence-corrected chi connectivity index (χ3v) is 2.51. The van der Waals surface area contributed by atoms with Crippen LogP contribution in [0.15, 0.2) is 42.7 Å². The van der Waals surface area contributed by atoms with Gasteiger partial charge in [0.15, 0.2) is 0 Å². The average Bonchev–Trinajstić information content (AvgIpc) is 2.30. The summed E-state index contributed by atoms with van der Waals surface area (Å²) in [5.41, 5.74) is 2.29. The lowest BCUT2D eigenvalue weighted by molar-refractivity contribution is 0.617. The summed E-state index contributed by atoms with van der Waals surface area (Å²) in [6.07, 6.45) is 3.36. The fourth-order valence-electron chi connectivity index (χ4n) is 1.50. The minimum Gasteiger partial charge on any atom is -0.265 e. The van der Waals surface area contributed by atoms with Crippen molar-refractivity contribution in [1.82, 2.24) is 4.98 Å². The molecule has 0 unspecified atom stereocenters. The summed E-state index contributed by atoms with van der Waals surface area (Å²) in [5, 5.41) is 0. The van der Waals surface area contributed by atoms with Crippen molar-refractivity contribution in [3.63, 3.8) is 0 Å². The van der Waals surface area contributed by atoms with Crippen LogP contribution in [0.4, 0.5) is 4.39 Å². The molecule has 15 heavy (non-hydrogen) atoms. The van der Waals surface area contributed by atoms with E-state index in [1.807, 2.05) is 18.2 Å². The van der Waals surface area contributed by atoms with Gasteiger partial charge in [0.05, 0.1) is 5.88 Å². The van der Waals surface area contributed by atoms with E-state index >= 15 is 0 Å². The van der Waals surface area contributed by atoms with Gasteiger partial charge in [0.25, 0.3) is 0 Å². The molecule has 0 saturated carbocycles. The molecule has 1 heterocycles. The fraction of sp³-hybridized carbons (Fsp3) is 0.0833. The van der Waals surface area contributed by atoms with Crippen molar-refractivity contribution in [2.45, 2.75) is 5.88 Å². The molecule has 0 bridgehead atoms. The highest BCUT2D eigenvalue weighted by Gasteiger charge is 2.08. The van der Waals surface area contributed by atoms with Gasteiger partial charge in [0.1, 0.15) is 5.82 Å². The van der Waals surface area contributed by atoms with Gasteiger partial charge in [-0.25, -0.2) is 4.39 Å². The Bertz CT molecular complexity index is 456. The van der Waals surface area contributed by atoms with Crippen LogP contribution in [0.2, 0.25) is 0 Å². The minimum atomic E-state index is -0.265. The smallest absolute Gasteiger partial charge is 0.128 e. The molecule has 0 aliphatic rings. The van der Waals surface area contributed by atoms with Gasteiger partial charge in [-0.1, -0.05) is 12.1 Å². The first-order valence-corrected chi connectivity index (χ1v) is 5.10. The third kappa shape index (κ3) is 2.00. The summed E-state index contributed by atoms with van der Waals surface area (Å²) >= 11 is 5.73. The van der Waals surface area contributed by atoms with Crippen LogP contribution in [-0.4, -0.2) is 4.98 Å². The average molecular weight is 222 g/mol. The Morgan fingerprint density at radius 2 is 1.87 bits per heavy atom. The predicted molar refractivity (Wildman–Crippen MR) is 59.2 cm³/mol. The van der Waals surface area contributed by atoms with Crippen LogP contribution in [0, 0.1) is 5.82 Å². The molecule has 2 rings (SSSR count). The van der Waals surface area contributed by atoms with E-state index in [0.29, 0.717) is 5.56 Å². The van der Waals surface area contributed by atoms with Crippen LogP contribution in [0.1, 0.15) is 5.56 Å². The molecule has 0 saturated heterocycles. The number of rotatable bonds is 2. The Kier molecular flexibility index (Phi) is 2.97. The third-order valence-electron chi connectivity index (χ3n) is 2.24. The summed E-state index contributed by atoms with van der Waals surface area (Å²) in [4.78, 5) is 3.92. The molecule has 0 amide bonds. The van der Waals surface area contributed by atoms with E-state index in [2.05, 4.69) is 4.98 Å². The molecule has 0 atom stereocenters. The van der Waals surface area contributed by atoms with Crippen molar-refractivity contribution in [1.29, 1.82) is 0 Å². The lowest BCUT2D eigenvalue weighted by Crippen LogP contribution is -1.91. The summed E-state index contributed by atoms with van der Waals surface area (Å²) in [7, 11) is 0. The van der Waals surface area contributed by atoms with Gasteiger partial charge in [0.2, 0.25) is 0 Å². The molecule has 0 radical (unpaired) electrons. The van der Waals surface area contributed by atoms with E-state index in [1.165, 1.54) is 6.07 Å². The largest absolute Gasteiger partial charge is 0.265 e. The van der Waals surface area contributed by atoms with E-state index < -0.39 is 0 Å². The van der Waals surface area contributed by atoms with Crippen molar-refractivity contribution < 1.29 is 4.39 Å². The lowest BCUT2D eigenvalue weighted by Gasteiger charge is -2.07. The van der Waals surface area contributed by atoms with Gasteiger partial charge in [-0.3, -0.25) is 4.98 Å². The molecule has 0 aliphatic carbocycles. The second-order valence-electron chi connectivity index (χ2n) is 3.14. The van der Waals surface area contributed by atoms with Crippen molar-refractivity contribution in [3.05, 3.63) is 54.1 Å². The zero-order chi connectivity index (χ0) is 10.7. The Hall–Kier alpha value is -1.41. The molecule has 0 aliphatic heterocycles. The molecule has 76 valence electrons. The van der Waals surface area contributed by atoms with Gasteiger partial charge in [-0.2, -0.15) is 0 Å². The maximum absolute atomic E-state index is 13.4. The van der Waals surface area contributed by atoms with Gasteiger partial charge in [0, 0.05) is 18.0 Å². The molecule has 2 aromatic rings. The highest BCUT2D eigenvalue weighted by atomic mass is 35.5. The lowest BCUT2D eigenvalue weighted by atomic mass is 10.0.